The van der Waals surface area contributed by atoms with E-state index in [-0.39, 0.29) is 6.61 Å². The van der Waals surface area contributed by atoms with Crippen molar-refractivity contribution < 1.29 is 19.0 Å². The Morgan fingerprint density at radius 1 is 1.14 bits per heavy atom. The summed E-state index contributed by atoms with van der Waals surface area (Å²) in [6.45, 7) is 0.0824. The number of halogens is 1. The van der Waals surface area contributed by atoms with Crippen molar-refractivity contribution in [3.8, 4) is 22.1 Å². The molecule has 0 N–H and O–H groups in total. The van der Waals surface area contributed by atoms with Crippen LogP contribution in [-0.2, 0) is 11.3 Å². The highest BCUT2D eigenvalue weighted by Crippen LogP contribution is 2.34. The zero-order valence-corrected chi connectivity index (χ0v) is 18.7. The number of rotatable bonds is 7. The molecule has 3 rings (SSSR count). The molecular weight excluding hydrogens is 462 g/mol. The van der Waals surface area contributed by atoms with E-state index >= 15 is 0 Å². The molecule has 0 bridgehead atoms. The molecule has 0 unspecified atom stereocenters. The summed E-state index contributed by atoms with van der Waals surface area (Å²) in [6, 6.07) is 11.1. The summed E-state index contributed by atoms with van der Waals surface area (Å²) in [6.07, 6.45) is 1.97. The number of nitrogens with zero attached hydrogens (tertiary/aromatic N) is 1. The molecule has 28 heavy (non-hydrogen) atoms. The van der Waals surface area contributed by atoms with Crippen LogP contribution in [0.1, 0.15) is 16.1 Å². The fourth-order valence-electron chi connectivity index (χ4n) is 2.53. The largest absolute Gasteiger partial charge is 0.496 e. The van der Waals surface area contributed by atoms with Crippen molar-refractivity contribution in [2.75, 3.05) is 20.5 Å². The van der Waals surface area contributed by atoms with Gasteiger partial charge in [0.1, 0.15) is 28.7 Å². The van der Waals surface area contributed by atoms with E-state index in [1.54, 1.807) is 24.9 Å². The van der Waals surface area contributed by atoms with Gasteiger partial charge in [-0.05, 0) is 42.7 Å². The molecule has 0 fully saturated rings. The number of methoxy groups -OCH3 is 2. The van der Waals surface area contributed by atoms with Gasteiger partial charge < -0.3 is 14.2 Å². The first-order valence-electron chi connectivity index (χ1n) is 8.23. The van der Waals surface area contributed by atoms with Crippen molar-refractivity contribution in [2.45, 2.75) is 11.5 Å². The fourth-order valence-corrected chi connectivity index (χ4v) is 4.14. The van der Waals surface area contributed by atoms with E-state index in [0.717, 1.165) is 25.7 Å². The lowest BCUT2D eigenvalue weighted by Crippen LogP contribution is -2.07. The van der Waals surface area contributed by atoms with Crippen molar-refractivity contribution in [1.82, 2.24) is 4.98 Å². The van der Waals surface area contributed by atoms with Crippen molar-refractivity contribution in [2.24, 2.45) is 0 Å². The lowest BCUT2D eigenvalue weighted by molar-refractivity contribution is 0.0464. The first-order chi connectivity index (χ1) is 13.5. The van der Waals surface area contributed by atoms with Crippen molar-refractivity contribution in [3.05, 3.63) is 57.5 Å². The maximum Gasteiger partial charge on any atom is 0.342 e. The molecular formula is C20H18BrNO4S2. The van der Waals surface area contributed by atoms with Gasteiger partial charge in [-0.2, -0.15) is 0 Å². The van der Waals surface area contributed by atoms with Crippen LogP contribution in [0.15, 0.2) is 51.1 Å². The Labute approximate surface area is 180 Å². The molecule has 0 saturated heterocycles. The van der Waals surface area contributed by atoms with Gasteiger partial charge in [0.25, 0.3) is 0 Å². The maximum absolute atomic E-state index is 12.5. The molecule has 2 aromatic carbocycles. The Hall–Kier alpha value is -2.03. The Kier molecular flexibility index (Phi) is 6.98. The molecule has 146 valence electrons. The van der Waals surface area contributed by atoms with E-state index in [1.807, 2.05) is 42.0 Å². The molecule has 0 radical (unpaired) electrons. The average Bonchev–Trinajstić information content (AvgIpc) is 3.20. The van der Waals surface area contributed by atoms with Gasteiger partial charge in [-0.25, -0.2) is 9.78 Å². The zero-order chi connectivity index (χ0) is 20.1. The minimum atomic E-state index is -0.445. The van der Waals surface area contributed by atoms with E-state index in [9.17, 15) is 4.79 Å². The highest BCUT2D eigenvalue weighted by Gasteiger charge is 2.16. The van der Waals surface area contributed by atoms with Gasteiger partial charge in [-0.15, -0.1) is 23.1 Å². The third-order valence-electron chi connectivity index (χ3n) is 3.92. The standard InChI is InChI=1S/C20H18BrNO4S2/c1-24-17-7-4-12(21)8-16(17)19-22-13(11-28-19)10-26-20(23)15-6-5-14(27-3)9-18(15)25-2/h4-9,11H,10H2,1-3H3. The van der Waals surface area contributed by atoms with Crippen LogP contribution in [0.3, 0.4) is 0 Å². The SMILES string of the molecule is COc1cc(SC)ccc1C(=O)OCc1csc(-c2cc(Br)ccc2OC)n1. The van der Waals surface area contributed by atoms with Crippen molar-refractivity contribution in [3.63, 3.8) is 0 Å². The van der Waals surface area contributed by atoms with Crippen LogP contribution in [-0.4, -0.2) is 31.4 Å². The second kappa shape index (κ2) is 9.45. The van der Waals surface area contributed by atoms with Gasteiger partial charge in [0.05, 0.1) is 25.5 Å². The predicted molar refractivity (Wildman–Crippen MR) is 116 cm³/mol. The number of thioether (sulfide) groups is 1. The number of ether oxygens (including phenoxy) is 3. The summed E-state index contributed by atoms with van der Waals surface area (Å²) < 4.78 is 17.1. The Balaban J connectivity index is 1.73. The summed E-state index contributed by atoms with van der Waals surface area (Å²) in [4.78, 5) is 18.0. The zero-order valence-electron chi connectivity index (χ0n) is 15.5. The second-order valence-corrected chi connectivity index (χ2v) is 8.28. The van der Waals surface area contributed by atoms with Crippen LogP contribution < -0.4 is 9.47 Å². The van der Waals surface area contributed by atoms with E-state index in [0.29, 0.717) is 17.0 Å². The van der Waals surface area contributed by atoms with Crippen LogP contribution in [0.2, 0.25) is 0 Å². The Morgan fingerprint density at radius 3 is 2.64 bits per heavy atom. The number of esters is 1. The van der Waals surface area contributed by atoms with Crippen molar-refractivity contribution in [1.29, 1.82) is 0 Å². The molecule has 0 aliphatic carbocycles. The van der Waals surface area contributed by atoms with Gasteiger partial charge in [0.2, 0.25) is 0 Å². The molecule has 8 heteroatoms. The van der Waals surface area contributed by atoms with Crippen LogP contribution in [0.25, 0.3) is 10.6 Å². The average molecular weight is 480 g/mol. The lowest BCUT2D eigenvalue weighted by Gasteiger charge is -2.09. The number of carbonyl (C=O) groups is 1. The Morgan fingerprint density at radius 2 is 1.93 bits per heavy atom. The minimum Gasteiger partial charge on any atom is -0.496 e. The quantitative estimate of drug-likeness (QED) is 0.321. The molecule has 0 spiro atoms. The molecule has 0 saturated carbocycles. The van der Waals surface area contributed by atoms with E-state index < -0.39 is 5.97 Å². The smallest absolute Gasteiger partial charge is 0.342 e. The number of thiazole rings is 1. The summed E-state index contributed by atoms with van der Waals surface area (Å²) in [5.41, 5.74) is 1.95. The van der Waals surface area contributed by atoms with Gasteiger partial charge in [-0.3, -0.25) is 0 Å². The molecule has 0 aliphatic rings. The highest BCUT2D eigenvalue weighted by atomic mass is 79.9. The monoisotopic (exact) mass is 479 g/mol. The highest BCUT2D eigenvalue weighted by molar-refractivity contribution is 9.10. The molecule has 1 heterocycles. The van der Waals surface area contributed by atoms with Crippen LogP contribution >= 0.6 is 39.0 Å². The summed E-state index contributed by atoms with van der Waals surface area (Å²) in [5, 5.41) is 2.67. The summed E-state index contributed by atoms with van der Waals surface area (Å²) in [5.74, 6) is 0.786. The number of carbonyl (C=O) groups excluding carboxylic acids is 1. The first kappa shape index (κ1) is 20.7. The van der Waals surface area contributed by atoms with Crippen LogP contribution in [0, 0.1) is 0 Å². The van der Waals surface area contributed by atoms with Gasteiger partial charge in [0.15, 0.2) is 0 Å². The van der Waals surface area contributed by atoms with E-state index in [2.05, 4.69) is 20.9 Å². The summed E-state index contributed by atoms with van der Waals surface area (Å²) >= 11 is 6.52. The molecule has 0 amide bonds. The molecule has 5 nitrogen and oxygen atoms in total. The van der Waals surface area contributed by atoms with Crippen LogP contribution in [0.4, 0.5) is 0 Å². The molecule has 0 aliphatic heterocycles. The minimum absolute atomic E-state index is 0.0824. The lowest BCUT2D eigenvalue weighted by atomic mass is 10.2. The third kappa shape index (κ3) is 4.68. The predicted octanol–water partition coefficient (Wildman–Crippen LogP) is 5.67. The second-order valence-electron chi connectivity index (χ2n) is 5.63. The number of hydrogen-bond acceptors (Lipinski definition) is 7. The van der Waals surface area contributed by atoms with Crippen molar-refractivity contribution >= 4 is 45.0 Å². The van der Waals surface area contributed by atoms with Gasteiger partial charge in [-0.1, -0.05) is 15.9 Å². The number of aromatic nitrogens is 1. The Bertz CT molecular complexity index is 990. The first-order valence-corrected chi connectivity index (χ1v) is 11.1. The normalized spacial score (nSPS) is 10.6. The molecule has 3 aromatic rings. The topological polar surface area (TPSA) is 57.7 Å². The number of benzene rings is 2. The number of hydrogen-bond donors (Lipinski definition) is 0. The van der Waals surface area contributed by atoms with E-state index in [1.165, 1.54) is 18.4 Å². The molecule has 0 atom stereocenters. The van der Waals surface area contributed by atoms with E-state index in [4.69, 9.17) is 14.2 Å². The van der Waals surface area contributed by atoms with Gasteiger partial charge in [0, 0.05) is 14.7 Å². The third-order valence-corrected chi connectivity index (χ3v) is 6.07. The van der Waals surface area contributed by atoms with Crippen LogP contribution in [0.5, 0.6) is 11.5 Å². The van der Waals surface area contributed by atoms with Gasteiger partial charge >= 0.3 is 5.97 Å². The maximum atomic E-state index is 12.5. The molecule has 1 aromatic heterocycles. The summed E-state index contributed by atoms with van der Waals surface area (Å²) in [7, 11) is 3.16. The fraction of sp³-hybridized carbons (Fsp3) is 0.200.